The molecule has 0 aromatic heterocycles. The predicted molar refractivity (Wildman–Crippen MR) is 74.6 cm³/mol. The number of rotatable bonds is 1. The summed E-state index contributed by atoms with van der Waals surface area (Å²) in [6, 6.07) is 4.59. The lowest BCUT2D eigenvalue weighted by molar-refractivity contribution is 0.0776. The summed E-state index contributed by atoms with van der Waals surface area (Å²) in [6.07, 6.45) is 1.05. The average Bonchev–Trinajstić information content (AvgIpc) is 2.81. The zero-order valence-corrected chi connectivity index (χ0v) is 12.2. The van der Waals surface area contributed by atoms with Crippen molar-refractivity contribution in [3.63, 3.8) is 0 Å². The minimum atomic E-state index is -0.259. The molecule has 0 spiro atoms. The Morgan fingerprint density at radius 1 is 1.37 bits per heavy atom. The normalized spacial score (nSPS) is 19.8. The minimum Gasteiger partial charge on any atom is -0.338 e. The maximum absolute atomic E-state index is 13.2. The Labute approximate surface area is 114 Å². The lowest BCUT2D eigenvalue weighted by Gasteiger charge is -2.27. The van der Waals surface area contributed by atoms with Crippen LogP contribution in [-0.2, 0) is 0 Å². The molecule has 0 radical (unpaired) electrons. The van der Waals surface area contributed by atoms with Crippen molar-refractivity contribution < 1.29 is 9.18 Å². The van der Waals surface area contributed by atoms with Gasteiger partial charge in [-0.15, -0.1) is 0 Å². The fourth-order valence-corrected chi connectivity index (χ4v) is 2.61. The van der Waals surface area contributed by atoms with Crippen molar-refractivity contribution in [3.05, 3.63) is 35.1 Å². The van der Waals surface area contributed by atoms with Gasteiger partial charge in [0, 0.05) is 18.7 Å². The van der Waals surface area contributed by atoms with Crippen LogP contribution in [0.4, 0.5) is 4.39 Å². The average molecular weight is 263 g/mol. The molecule has 1 aliphatic rings. The van der Waals surface area contributed by atoms with Crippen molar-refractivity contribution in [1.29, 1.82) is 0 Å². The second-order valence-electron chi connectivity index (χ2n) is 6.57. The van der Waals surface area contributed by atoms with Crippen LogP contribution in [0.2, 0.25) is 0 Å². The van der Waals surface area contributed by atoms with Gasteiger partial charge in [0.25, 0.3) is 5.91 Å². The summed E-state index contributed by atoms with van der Waals surface area (Å²) in [5.41, 5.74) is 1.35. The van der Waals surface area contributed by atoms with Gasteiger partial charge in [0.2, 0.25) is 0 Å². The Kier molecular flexibility index (Phi) is 3.66. The van der Waals surface area contributed by atoms with E-state index in [9.17, 15) is 9.18 Å². The molecule has 0 aliphatic carbocycles. The number of hydrogen-bond acceptors (Lipinski definition) is 1. The van der Waals surface area contributed by atoms with Gasteiger partial charge in [0.05, 0.1) is 0 Å². The molecule has 1 fully saturated rings. The van der Waals surface area contributed by atoms with Gasteiger partial charge in [-0.3, -0.25) is 4.79 Å². The van der Waals surface area contributed by atoms with Crippen LogP contribution in [0.15, 0.2) is 18.2 Å². The number of benzene rings is 1. The first kappa shape index (κ1) is 14.0. The van der Waals surface area contributed by atoms with Gasteiger partial charge in [-0.1, -0.05) is 20.8 Å². The van der Waals surface area contributed by atoms with E-state index in [1.807, 2.05) is 4.90 Å². The number of halogens is 1. The van der Waals surface area contributed by atoms with Crippen molar-refractivity contribution >= 4 is 5.91 Å². The molecule has 1 aliphatic heterocycles. The second kappa shape index (κ2) is 4.95. The molecule has 1 atom stereocenters. The van der Waals surface area contributed by atoms with Crippen molar-refractivity contribution in [1.82, 2.24) is 4.90 Å². The predicted octanol–water partition coefficient (Wildman–Crippen LogP) is 3.64. The van der Waals surface area contributed by atoms with Gasteiger partial charge in [-0.2, -0.15) is 0 Å². The van der Waals surface area contributed by atoms with Gasteiger partial charge >= 0.3 is 0 Å². The molecule has 1 unspecified atom stereocenters. The largest absolute Gasteiger partial charge is 0.338 e. The maximum Gasteiger partial charge on any atom is 0.253 e. The molecular formula is C16H22FNO. The number of nitrogens with zero attached hydrogens (tertiary/aromatic N) is 1. The zero-order chi connectivity index (χ0) is 14.2. The van der Waals surface area contributed by atoms with Crippen LogP contribution in [0.5, 0.6) is 0 Å². The van der Waals surface area contributed by atoms with Gasteiger partial charge in [0.15, 0.2) is 0 Å². The number of amides is 1. The van der Waals surface area contributed by atoms with E-state index in [1.165, 1.54) is 6.07 Å². The molecule has 1 aromatic rings. The minimum absolute atomic E-state index is 0.0230. The molecular weight excluding hydrogens is 241 g/mol. The van der Waals surface area contributed by atoms with Crippen molar-refractivity contribution in [3.8, 4) is 0 Å². The highest BCUT2D eigenvalue weighted by atomic mass is 19.1. The highest BCUT2D eigenvalue weighted by molar-refractivity contribution is 5.94. The van der Waals surface area contributed by atoms with Crippen LogP contribution >= 0.6 is 0 Å². The molecule has 0 bridgehead atoms. The third kappa shape index (κ3) is 2.96. The molecule has 19 heavy (non-hydrogen) atoms. The van der Waals surface area contributed by atoms with Gasteiger partial charge in [0.1, 0.15) is 5.82 Å². The Hall–Kier alpha value is -1.38. The molecule has 1 aromatic carbocycles. The molecule has 2 rings (SSSR count). The Balaban J connectivity index is 2.11. The Morgan fingerprint density at radius 3 is 2.58 bits per heavy atom. The van der Waals surface area contributed by atoms with Crippen LogP contribution in [0, 0.1) is 24.1 Å². The van der Waals surface area contributed by atoms with Crippen LogP contribution in [0.25, 0.3) is 0 Å². The monoisotopic (exact) mass is 263 g/mol. The van der Waals surface area contributed by atoms with Gasteiger partial charge in [-0.05, 0) is 48.4 Å². The molecule has 3 heteroatoms. The van der Waals surface area contributed by atoms with E-state index in [0.717, 1.165) is 19.5 Å². The maximum atomic E-state index is 13.2. The molecule has 104 valence electrons. The summed E-state index contributed by atoms with van der Waals surface area (Å²) in [5.74, 6) is 0.304. The number of aryl methyl sites for hydroxylation is 1. The third-order valence-corrected chi connectivity index (χ3v) is 4.11. The van der Waals surface area contributed by atoms with E-state index >= 15 is 0 Å². The topological polar surface area (TPSA) is 20.3 Å². The standard InChI is InChI=1S/C16H22FNO/c1-11-9-12(5-6-14(11)17)15(19)18-8-7-13(10-18)16(2,3)4/h5-6,9,13H,7-8,10H2,1-4H3. The highest BCUT2D eigenvalue weighted by Crippen LogP contribution is 2.34. The molecule has 0 saturated carbocycles. The summed E-state index contributed by atoms with van der Waals surface area (Å²) >= 11 is 0. The number of carbonyl (C=O) groups excluding carboxylic acids is 1. The Bertz CT molecular complexity index is 490. The summed E-state index contributed by atoms with van der Waals surface area (Å²) < 4.78 is 13.2. The van der Waals surface area contributed by atoms with E-state index in [-0.39, 0.29) is 17.1 Å². The number of likely N-dealkylation sites (tertiary alicyclic amines) is 1. The lowest BCUT2D eigenvalue weighted by Crippen LogP contribution is -2.31. The summed E-state index contributed by atoms with van der Waals surface area (Å²) in [5, 5.41) is 0. The van der Waals surface area contributed by atoms with Crippen LogP contribution in [0.1, 0.15) is 43.1 Å². The first-order chi connectivity index (χ1) is 8.79. The van der Waals surface area contributed by atoms with Crippen LogP contribution in [0.3, 0.4) is 0 Å². The summed E-state index contributed by atoms with van der Waals surface area (Å²) in [4.78, 5) is 14.3. The highest BCUT2D eigenvalue weighted by Gasteiger charge is 2.34. The van der Waals surface area contributed by atoms with Crippen LogP contribution < -0.4 is 0 Å². The van der Waals surface area contributed by atoms with E-state index in [0.29, 0.717) is 17.0 Å². The molecule has 1 heterocycles. The summed E-state index contributed by atoms with van der Waals surface area (Å²) in [6.45, 7) is 9.94. The first-order valence-corrected chi connectivity index (χ1v) is 6.84. The van der Waals surface area contributed by atoms with Crippen molar-refractivity contribution in [2.24, 2.45) is 11.3 Å². The zero-order valence-electron chi connectivity index (χ0n) is 12.2. The van der Waals surface area contributed by atoms with E-state index in [4.69, 9.17) is 0 Å². The quantitative estimate of drug-likeness (QED) is 0.757. The van der Waals surface area contributed by atoms with Crippen LogP contribution in [-0.4, -0.2) is 23.9 Å². The number of hydrogen-bond donors (Lipinski definition) is 0. The van der Waals surface area contributed by atoms with Crippen molar-refractivity contribution in [2.45, 2.75) is 34.1 Å². The lowest BCUT2D eigenvalue weighted by atomic mass is 9.80. The Morgan fingerprint density at radius 2 is 2.05 bits per heavy atom. The second-order valence-corrected chi connectivity index (χ2v) is 6.57. The molecule has 2 nitrogen and oxygen atoms in total. The fraction of sp³-hybridized carbons (Fsp3) is 0.562. The fourth-order valence-electron chi connectivity index (χ4n) is 2.61. The SMILES string of the molecule is Cc1cc(C(=O)N2CCC(C(C)(C)C)C2)ccc1F. The number of carbonyl (C=O) groups is 1. The smallest absolute Gasteiger partial charge is 0.253 e. The van der Waals surface area contributed by atoms with E-state index < -0.39 is 0 Å². The third-order valence-electron chi connectivity index (χ3n) is 4.11. The first-order valence-electron chi connectivity index (χ1n) is 6.84. The van der Waals surface area contributed by atoms with Gasteiger partial charge < -0.3 is 4.90 Å². The van der Waals surface area contributed by atoms with Gasteiger partial charge in [-0.25, -0.2) is 4.39 Å². The van der Waals surface area contributed by atoms with E-state index in [2.05, 4.69) is 20.8 Å². The molecule has 1 amide bonds. The summed E-state index contributed by atoms with van der Waals surface area (Å²) in [7, 11) is 0. The van der Waals surface area contributed by atoms with E-state index in [1.54, 1.807) is 19.1 Å². The molecule has 1 saturated heterocycles. The van der Waals surface area contributed by atoms with Crippen molar-refractivity contribution in [2.75, 3.05) is 13.1 Å². The molecule has 0 N–H and O–H groups in total.